The Labute approximate surface area is 48.4 Å². The molecule has 0 fully saturated rings. The Balaban J connectivity index is 3.42. The van der Waals surface area contributed by atoms with Crippen LogP contribution in [0.1, 0.15) is 6.92 Å². The molecule has 1 N–H and O–H groups in total. The molecule has 5 heteroatoms. The van der Waals surface area contributed by atoms with Gasteiger partial charge in [-0.05, 0) is 6.42 Å². The molecular weight excluding hydrogens is 132 g/mol. The quantitative estimate of drug-likeness (QED) is 0.560. The Morgan fingerprint density at radius 3 is 2.38 bits per heavy atom. The molecule has 0 aliphatic carbocycles. The van der Waals surface area contributed by atoms with E-state index in [1.54, 1.807) is 6.92 Å². The SMILES string of the molecule is C[CH]COS(=O)(=O)O. The highest BCUT2D eigenvalue weighted by atomic mass is 32.3. The second kappa shape index (κ2) is 3.01. The average Bonchev–Trinajstić information content (AvgIpc) is 1.59. The van der Waals surface area contributed by atoms with Gasteiger partial charge in [0.15, 0.2) is 0 Å². The lowest BCUT2D eigenvalue weighted by molar-refractivity contribution is 0.288. The van der Waals surface area contributed by atoms with E-state index in [1.807, 2.05) is 0 Å². The van der Waals surface area contributed by atoms with Crippen molar-refractivity contribution < 1.29 is 17.2 Å². The second-order valence-electron chi connectivity index (χ2n) is 1.12. The summed E-state index contributed by atoms with van der Waals surface area (Å²) in [6, 6.07) is 0. The predicted octanol–water partition coefficient (Wildman–Crippen LogP) is 0.0300. The van der Waals surface area contributed by atoms with Gasteiger partial charge in [-0.3, -0.25) is 4.55 Å². The summed E-state index contributed by atoms with van der Waals surface area (Å²) in [5.74, 6) is 0. The Bertz CT molecular complexity index is 135. The molecule has 4 nitrogen and oxygen atoms in total. The van der Waals surface area contributed by atoms with Crippen LogP contribution in [0.2, 0.25) is 0 Å². The third-order valence-electron chi connectivity index (χ3n) is 0.384. The maximum atomic E-state index is 9.70. The van der Waals surface area contributed by atoms with Crippen LogP contribution in [0.4, 0.5) is 0 Å². The van der Waals surface area contributed by atoms with Crippen molar-refractivity contribution in [1.29, 1.82) is 0 Å². The van der Waals surface area contributed by atoms with Crippen molar-refractivity contribution in [1.82, 2.24) is 0 Å². The minimum absolute atomic E-state index is 0.0845. The first-order valence-electron chi connectivity index (χ1n) is 1.96. The molecule has 0 amide bonds. The molecular formula is C3H7O4S. The topological polar surface area (TPSA) is 63.6 Å². The molecule has 0 aromatic carbocycles. The van der Waals surface area contributed by atoms with E-state index in [9.17, 15) is 8.42 Å². The van der Waals surface area contributed by atoms with E-state index >= 15 is 0 Å². The molecule has 0 aromatic heterocycles. The first-order valence-corrected chi connectivity index (χ1v) is 3.32. The summed E-state index contributed by atoms with van der Waals surface area (Å²) in [4.78, 5) is 0. The first-order chi connectivity index (χ1) is 3.56. The van der Waals surface area contributed by atoms with Crippen LogP contribution in [-0.2, 0) is 14.6 Å². The van der Waals surface area contributed by atoms with Gasteiger partial charge < -0.3 is 0 Å². The number of hydrogen-bond donors (Lipinski definition) is 1. The van der Waals surface area contributed by atoms with E-state index in [4.69, 9.17) is 4.55 Å². The van der Waals surface area contributed by atoms with Crippen molar-refractivity contribution in [3.63, 3.8) is 0 Å². The maximum Gasteiger partial charge on any atom is 0.397 e. The molecule has 0 bridgehead atoms. The molecule has 0 saturated carbocycles. The van der Waals surface area contributed by atoms with E-state index in [-0.39, 0.29) is 6.61 Å². The monoisotopic (exact) mass is 139 g/mol. The summed E-state index contributed by atoms with van der Waals surface area (Å²) >= 11 is 0. The lowest BCUT2D eigenvalue weighted by Gasteiger charge is -1.92. The Morgan fingerprint density at radius 2 is 2.25 bits per heavy atom. The molecule has 0 atom stereocenters. The van der Waals surface area contributed by atoms with Crippen LogP contribution < -0.4 is 0 Å². The van der Waals surface area contributed by atoms with Crippen molar-refractivity contribution >= 4 is 10.4 Å². The fourth-order valence-corrected chi connectivity index (χ4v) is 0.462. The molecule has 0 aromatic rings. The van der Waals surface area contributed by atoms with E-state index in [1.165, 1.54) is 6.42 Å². The standard InChI is InChI=1S/C3H7O4S/c1-2-3-7-8(4,5)6/h2H,3H2,1H3,(H,4,5,6). The van der Waals surface area contributed by atoms with Gasteiger partial charge in [-0.15, -0.1) is 0 Å². The van der Waals surface area contributed by atoms with Gasteiger partial charge in [0.05, 0.1) is 6.61 Å². The highest BCUT2D eigenvalue weighted by Crippen LogP contribution is 1.85. The van der Waals surface area contributed by atoms with Crippen LogP contribution in [0.3, 0.4) is 0 Å². The van der Waals surface area contributed by atoms with Crippen LogP contribution in [-0.4, -0.2) is 19.6 Å². The third kappa shape index (κ3) is 5.87. The van der Waals surface area contributed by atoms with Crippen LogP contribution >= 0.6 is 0 Å². The molecule has 1 radical (unpaired) electrons. The summed E-state index contributed by atoms with van der Waals surface area (Å²) < 4.78 is 31.1. The first kappa shape index (κ1) is 7.87. The number of hydrogen-bond acceptors (Lipinski definition) is 3. The zero-order valence-electron chi connectivity index (χ0n) is 4.36. The Hall–Kier alpha value is -0.130. The molecule has 0 spiro atoms. The minimum Gasteiger partial charge on any atom is -0.264 e. The van der Waals surface area contributed by atoms with Gasteiger partial charge in [-0.25, -0.2) is 4.18 Å². The van der Waals surface area contributed by atoms with Gasteiger partial charge in [0.1, 0.15) is 0 Å². The average molecular weight is 139 g/mol. The minimum atomic E-state index is -4.22. The molecule has 0 heterocycles. The van der Waals surface area contributed by atoms with Gasteiger partial charge >= 0.3 is 10.4 Å². The van der Waals surface area contributed by atoms with E-state index in [0.29, 0.717) is 0 Å². The maximum absolute atomic E-state index is 9.70. The van der Waals surface area contributed by atoms with E-state index in [2.05, 4.69) is 4.18 Å². The molecule has 8 heavy (non-hydrogen) atoms. The van der Waals surface area contributed by atoms with Gasteiger partial charge in [-0.1, -0.05) is 6.92 Å². The largest absolute Gasteiger partial charge is 0.397 e. The molecule has 49 valence electrons. The summed E-state index contributed by atoms with van der Waals surface area (Å²) in [6.07, 6.45) is 1.47. The number of rotatable bonds is 3. The lowest BCUT2D eigenvalue weighted by Crippen LogP contribution is -2.03. The zero-order valence-corrected chi connectivity index (χ0v) is 5.18. The van der Waals surface area contributed by atoms with Crippen LogP contribution in [0.5, 0.6) is 0 Å². The Kier molecular flexibility index (Phi) is 2.96. The van der Waals surface area contributed by atoms with Gasteiger partial charge in [0, 0.05) is 0 Å². The van der Waals surface area contributed by atoms with Gasteiger partial charge in [0.2, 0.25) is 0 Å². The summed E-state index contributed by atoms with van der Waals surface area (Å²) in [5.41, 5.74) is 0. The normalized spacial score (nSPS) is 11.8. The summed E-state index contributed by atoms with van der Waals surface area (Å²) in [7, 11) is -4.22. The highest BCUT2D eigenvalue weighted by Gasteiger charge is 2.00. The molecule has 0 saturated heterocycles. The van der Waals surface area contributed by atoms with Crippen LogP contribution in [0, 0.1) is 6.42 Å². The van der Waals surface area contributed by atoms with Crippen molar-refractivity contribution in [3.8, 4) is 0 Å². The Morgan fingerprint density at radius 1 is 1.75 bits per heavy atom. The molecule has 0 unspecified atom stereocenters. The smallest absolute Gasteiger partial charge is 0.264 e. The lowest BCUT2D eigenvalue weighted by atomic mass is 10.5. The van der Waals surface area contributed by atoms with Crippen LogP contribution in [0.15, 0.2) is 0 Å². The fraction of sp³-hybridized carbons (Fsp3) is 0.667. The van der Waals surface area contributed by atoms with Crippen molar-refractivity contribution in [2.45, 2.75) is 6.92 Å². The zero-order chi connectivity index (χ0) is 6.62. The van der Waals surface area contributed by atoms with Crippen molar-refractivity contribution in [2.24, 2.45) is 0 Å². The van der Waals surface area contributed by atoms with Gasteiger partial charge in [0.25, 0.3) is 0 Å². The molecule has 0 aliphatic rings. The van der Waals surface area contributed by atoms with Crippen molar-refractivity contribution in [2.75, 3.05) is 6.61 Å². The fourth-order valence-electron chi connectivity index (χ4n) is 0.154. The third-order valence-corrected chi connectivity index (χ3v) is 0.818. The summed E-state index contributed by atoms with van der Waals surface area (Å²) in [6.45, 7) is 1.53. The van der Waals surface area contributed by atoms with Crippen molar-refractivity contribution in [3.05, 3.63) is 6.42 Å². The predicted molar refractivity (Wildman–Crippen MR) is 27.5 cm³/mol. The van der Waals surface area contributed by atoms with Crippen LogP contribution in [0.25, 0.3) is 0 Å². The second-order valence-corrected chi connectivity index (χ2v) is 2.21. The highest BCUT2D eigenvalue weighted by molar-refractivity contribution is 7.80. The molecule has 0 rings (SSSR count). The van der Waals surface area contributed by atoms with E-state index in [0.717, 1.165) is 0 Å². The summed E-state index contributed by atoms with van der Waals surface area (Å²) in [5, 5.41) is 0. The van der Waals surface area contributed by atoms with E-state index < -0.39 is 10.4 Å². The molecule has 0 aliphatic heterocycles. The van der Waals surface area contributed by atoms with Gasteiger partial charge in [-0.2, -0.15) is 8.42 Å².